The van der Waals surface area contributed by atoms with E-state index in [1.165, 1.54) is 13.2 Å². The molecule has 0 bridgehead atoms. The van der Waals surface area contributed by atoms with E-state index in [-0.39, 0.29) is 17.0 Å². The predicted molar refractivity (Wildman–Crippen MR) is 110 cm³/mol. The van der Waals surface area contributed by atoms with Gasteiger partial charge < -0.3 is 19.2 Å². The van der Waals surface area contributed by atoms with Gasteiger partial charge in [-0.05, 0) is 30.5 Å². The molecule has 154 valence electrons. The van der Waals surface area contributed by atoms with Gasteiger partial charge in [-0.15, -0.1) is 0 Å². The zero-order valence-corrected chi connectivity index (χ0v) is 17.2. The zero-order chi connectivity index (χ0) is 20.5. The molecular weight excluding hydrogens is 396 g/mol. The van der Waals surface area contributed by atoms with Crippen LogP contribution >= 0.6 is 11.6 Å². The Labute approximate surface area is 173 Å². The molecule has 0 aliphatic carbocycles. The second-order valence-electron chi connectivity index (χ2n) is 7.16. The van der Waals surface area contributed by atoms with Crippen LogP contribution in [0.5, 0.6) is 5.75 Å². The van der Waals surface area contributed by atoms with E-state index in [0.29, 0.717) is 29.7 Å². The molecule has 0 unspecified atom stereocenters. The first-order valence-electron chi connectivity index (χ1n) is 9.62. The molecule has 3 heterocycles. The predicted octanol–water partition coefficient (Wildman–Crippen LogP) is 3.16. The second kappa shape index (κ2) is 8.08. The lowest BCUT2D eigenvalue weighted by Gasteiger charge is -2.37. The van der Waals surface area contributed by atoms with Crippen molar-refractivity contribution in [2.75, 3.05) is 39.0 Å². The van der Waals surface area contributed by atoms with E-state index < -0.39 is 5.97 Å². The minimum absolute atomic E-state index is 0.0227. The van der Waals surface area contributed by atoms with Crippen LogP contribution in [0.15, 0.2) is 29.2 Å². The lowest BCUT2D eigenvalue weighted by atomic mass is 9.94. The number of hydrogen-bond donors (Lipinski definition) is 0. The van der Waals surface area contributed by atoms with Crippen molar-refractivity contribution in [3.63, 3.8) is 0 Å². The van der Waals surface area contributed by atoms with Crippen molar-refractivity contribution in [1.29, 1.82) is 0 Å². The van der Waals surface area contributed by atoms with Crippen molar-refractivity contribution in [3.05, 3.63) is 50.8 Å². The van der Waals surface area contributed by atoms with Gasteiger partial charge in [0.15, 0.2) is 5.43 Å². The number of pyridine rings is 1. The number of nitrogens with zero attached hydrogens (tertiary/aromatic N) is 2. The fraction of sp³-hybridized carbons (Fsp3) is 0.429. The van der Waals surface area contributed by atoms with Crippen molar-refractivity contribution >= 4 is 17.6 Å². The Morgan fingerprint density at radius 2 is 2.07 bits per heavy atom. The van der Waals surface area contributed by atoms with Gasteiger partial charge >= 0.3 is 5.97 Å². The van der Waals surface area contributed by atoms with Gasteiger partial charge in [-0.25, -0.2) is 4.79 Å². The van der Waals surface area contributed by atoms with E-state index in [0.717, 1.165) is 36.9 Å². The summed E-state index contributed by atoms with van der Waals surface area (Å²) in [4.78, 5) is 24.5. The van der Waals surface area contributed by atoms with Gasteiger partial charge in [-0.3, -0.25) is 9.47 Å². The molecule has 0 saturated carbocycles. The maximum Gasteiger partial charge on any atom is 0.343 e. The minimum atomic E-state index is -0.635. The van der Waals surface area contributed by atoms with Gasteiger partial charge in [0.1, 0.15) is 11.3 Å². The topological polar surface area (TPSA) is 70.0 Å². The van der Waals surface area contributed by atoms with Crippen LogP contribution in [-0.4, -0.2) is 44.6 Å². The van der Waals surface area contributed by atoms with E-state index in [4.69, 9.17) is 25.8 Å². The van der Waals surface area contributed by atoms with Crippen molar-refractivity contribution in [2.45, 2.75) is 25.3 Å². The van der Waals surface area contributed by atoms with Gasteiger partial charge in [0.2, 0.25) is 0 Å². The molecule has 1 aromatic carbocycles. The molecule has 2 aliphatic rings. The highest BCUT2D eigenvalue weighted by Crippen LogP contribution is 2.45. The first kappa shape index (κ1) is 19.8. The molecule has 0 N–H and O–H groups in total. The standard InChI is InChI=1S/C21H23ClN2O5/c1-27-7-4-8-29-20-10-14-13(9-16(20)22)18-11-19(25)15(21(26)28-2)12-24(18)23-6-3-5-17(14)23/h9-12,17H,3-8H2,1-2H3/t17-/m1/s1. The zero-order valence-electron chi connectivity index (χ0n) is 16.4. The number of carbonyl (C=O) groups is 1. The molecule has 2 aliphatic heterocycles. The second-order valence-corrected chi connectivity index (χ2v) is 7.57. The summed E-state index contributed by atoms with van der Waals surface area (Å²) in [6.45, 7) is 1.96. The number of aromatic nitrogens is 1. The van der Waals surface area contributed by atoms with Gasteiger partial charge in [0, 0.05) is 44.5 Å². The van der Waals surface area contributed by atoms with Crippen LogP contribution in [0.4, 0.5) is 0 Å². The first-order valence-corrected chi connectivity index (χ1v) is 10.0. The van der Waals surface area contributed by atoms with Crippen LogP contribution in [0.25, 0.3) is 11.3 Å². The summed E-state index contributed by atoms with van der Waals surface area (Å²) in [7, 11) is 2.93. The SMILES string of the molecule is COCCCOc1cc2c(cc1Cl)-c1cc(=O)c(C(=O)OC)cn1N1CCC[C@H]21. The Balaban J connectivity index is 1.79. The fourth-order valence-corrected chi connectivity index (χ4v) is 4.31. The van der Waals surface area contributed by atoms with E-state index in [1.54, 1.807) is 13.3 Å². The van der Waals surface area contributed by atoms with Crippen LogP contribution in [0.2, 0.25) is 5.02 Å². The van der Waals surface area contributed by atoms with Crippen molar-refractivity contribution in [2.24, 2.45) is 0 Å². The number of benzene rings is 1. The van der Waals surface area contributed by atoms with Gasteiger partial charge in [0.25, 0.3) is 0 Å². The summed E-state index contributed by atoms with van der Waals surface area (Å²) >= 11 is 6.50. The third-order valence-electron chi connectivity index (χ3n) is 5.43. The lowest BCUT2D eigenvalue weighted by Crippen LogP contribution is -2.39. The normalized spacial score (nSPS) is 16.8. The van der Waals surface area contributed by atoms with E-state index in [9.17, 15) is 9.59 Å². The number of fused-ring (bicyclic) bond motifs is 6. The fourth-order valence-electron chi connectivity index (χ4n) is 4.09. The Morgan fingerprint density at radius 1 is 1.24 bits per heavy atom. The third-order valence-corrected chi connectivity index (χ3v) is 5.72. The summed E-state index contributed by atoms with van der Waals surface area (Å²) in [6, 6.07) is 5.44. The van der Waals surface area contributed by atoms with E-state index >= 15 is 0 Å². The molecule has 0 spiro atoms. The Kier molecular flexibility index (Phi) is 5.52. The Morgan fingerprint density at radius 3 is 2.83 bits per heavy atom. The van der Waals surface area contributed by atoms with Crippen molar-refractivity contribution in [1.82, 2.24) is 4.68 Å². The molecule has 0 radical (unpaired) electrons. The highest BCUT2D eigenvalue weighted by molar-refractivity contribution is 6.32. The lowest BCUT2D eigenvalue weighted by molar-refractivity contribution is 0.0598. The summed E-state index contributed by atoms with van der Waals surface area (Å²) in [5.74, 6) is 0.0000284. The molecule has 1 atom stereocenters. The summed E-state index contributed by atoms with van der Waals surface area (Å²) in [6.07, 6.45) is 4.33. The van der Waals surface area contributed by atoms with Crippen LogP contribution < -0.4 is 15.2 Å². The van der Waals surface area contributed by atoms with E-state index in [2.05, 4.69) is 5.01 Å². The quantitative estimate of drug-likeness (QED) is 0.530. The highest BCUT2D eigenvalue weighted by atomic mass is 35.5. The average molecular weight is 419 g/mol. The maximum atomic E-state index is 12.5. The summed E-state index contributed by atoms with van der Waals surface area (Å²) in [5, 5.41) is 2.66. The summed E-state index contributed by atoms with van der Waals surface area (Å²) in [5.41, 5.74) is 2.33. The molecule has 7 nitrogen and oxygen atoms in total. The molecule has 8 heteroatoms. The van der Waals surface area contributed by atoms with E-state index in [1.807, 2.05) is 16.8 Å². The number of esters is 1. The largest absolute Gasteiger partial charge is 0.492 e. The highest BCUT2D eigenvalue weighted by Gasteiger charge is 2.35. The average Bonchev–Trinajstić information content (AvgIpc) is 3.21. The van der Waals surface area contributed by atoms with Crippen molar-refractivity contribution < 1.29 is 19.0 Å². The Hall–Kier alpha value is -2.51. The number of rotatable bonds is 6. The summed E-state index contributed by atoms with van der Waals surface area (Å²) < 4.78 is 17.6. The molecular formula is C21H23ClN2O5. The monoisotopic (exact) mass is 418 g/mol. The molecule has 1 fully saturated rings. The van der Waals surface area contributed by atoms with Crippen LogP contribution in [-0.2, 0) is 9.47 Å². The number of halogens is 1. The number of hydrogen-bond acceptors (Lipinski definition) is 6. The first-order chi connectivity index (χ1) is 14.0. The molecule has 4 rings (SSSR count). The van der Waals surface area contributed by atoms with Crippen molar-refractivity contribution in [3.8, 4) is 17.0 Å². The van der Waals surface area contributed by atoms with Crippen LogP contribution in [0, 0.1) is 0 Å². The van der Waals surface area contributed by atoms with Gasteiger partial charge in [0.05, 0.1) is 30.5 Å². The maximum absolute atomic E-state index is 12.5. The van der Waals surface area contributed by atoms with Gasteiger partial charge in [-0.2, -0.15) is 0 Å². The van der Waals surface area contributed by atoms with Crippen LogP contribution in [0.1, 0.15) is 41.2 Å². The van der Waals surface area contributed by atoms with Gasteiger partial charge in [-0.1, -0.05) is 11.6 Å². The smallest absolute Gasteiger partial charge is 0.343 e. The number of ether oxygens (including phenoxy) is 3. The molecule has 1 saturated heterocycles. The minimum Gasteiger partial charge on any atom is -0.492 e. The van der Waals surface area contributed by atoms with Crippen LogP contribution in [0.3, 0.4) is 0 Å². The number of carbonyl (C=O) groups excluding carboxylic acids is 1. The number of methoxy groups -OCH3 is 2. The molecule has 0 amide bonds. The molecule has 29 heavy (non-hydrogen) atoms. The molecule has 2 aromatic rings. The molecule has 1 aromatic heterocycles. The Bertz CT molecular complexity index is 1000. The third kappa shape index (κ3) is 3.49.